The van der Waals surface area contributed by atoms with E-state index in [4.69, 9.17) is 4.74 Å². The summed E-state index contributed by atoms with van der Waals surface area (Å²) in [4.78, 5) is 20.2. The highest BCUT2D eigenvalue weighted by molar-refractivity contribution is 9.10. The molecule has 0 radical (unpaired) electrons. The predicted octanol–water partition coefficient (Wildman–Crippen LogP) is 2.48. The highest BCUT2D eigenvalue weighted by atomic mass is 79.9. The molecule has 1 aliphatic rings. The second kappa shape index (κ2) is 7.22. The van der Waals surface area contributed by atoms with Gasteiger partial charge in [0.15, 0.2) is 5.82 Å². The molecule has 0 amide bonds. The third-order valence-corrected chi connectivity index (χ3v) is 4.21. The number of pyridine rings is 1. The standard InChI is InChI=1S/C15H22BrN3O2/c1-11(10-20)19(12-6-8-21-9-7-12)15-13(18(2)3)4-5-14(16)17-15/h4-5,10-12H,6-9H2,1-3H3. The molecule has 1 fully saturated rings. The third kappa shape index (κ3) is 3.74. The Morgan fingerprint density at radius 2 is 2.05 bits per heavy atom. The molecule has 6 heteroatoms. The zero-order chi connectivity index (χ0) is 15.4. The van der Waals surface area contributed by atoms with Gasteiger partial charge in [-0.15, -0.1) is 0 Å². The van der Waals surface area contributed by atoms with Crippen molar-refractivity contribution in [3.63, 3.8) is 0 Å². The molecule has 1 aromatic rings. The minimum Gasteiger partial charge on any atom is -0.381 e. The number of ether oxygens (including phenoxy) is 1. The van der Waals surface area contributed by atoms with E-state index in [0.717, 1.165) is 48.5 Å². The first-order valence-corrected chi connectivity index (χ1v) is 7.99. The number of halogens is 1. The second-order valence-electron chi connectivity index (χ2n) is 5.50. The molecule has 21 heavy (non-hydrogen) atoms. The molecule has 2 rings (SSSR count). The summed E-state index contributed by atoms with van der Waals surface area (Å²) in [6.07, 6.45) is 2.82. The lowest BCUT2D eigenvalue weighted by atomic mass is 10.0. The molecule has 1 saturated heterocycles. The number of aromatic nitrogens is 1. The minimum absolute atomic E-state index is 0.214. The number of carbonyl (C=O) groups is 1. The molecule has 0 spiro atoms. The maximum absolute atomic E-state index is 11.4. The molecule has 0 aliphatic carbocycles. The topological polar surface area (TPSA) is 45.7 Å². The molecule has 0 saturated carbocycles. The first-order chi connectivity index (χ1) is 10.0. The van der Waals surface area contributed by atoms with E-state index in [0.29, 0.717) is 0 Å². The number of hydrogen-bond donors (Lipinski definition) is 0. The van der Waals surface area contributed by atoms with Crippen molar-refractivity contribution in [2.75, 3.05) is 37.1 Å². The van der Waals surface area contributed by atoms with Crippen LogP contribution >= 0.6 is 15.9 Å². The summed E-state index contributed by atoms with van der Waals surface area (Å²) in [6.45, 7) is 3.39. The monoisotopic (exact) mass is 355 g/mol. The summed E-state index contributed by atoms with van der Waals surface area (Å²) in [5.74, 6) is 0.848. The number of aldehydes is 1. The molecule has 1 aliphatic heterocycles. The van der Waals surface area contributed by atoms with Gasteiger partial charge in [0.25, 0.3) is 0 Å². The van der Waals surface area contributed by atoms with E-state index in [2.05, 4.69) is 25.8 Å². The highest BCUT2D eigenvalue weighted by Crippen LogP contribution is 2.32. The Labute approximate surface area is 134 Å². The Bertz CT molecular complexity index is 490. The van der Waals surface area contributed by atoms with Crippen LogP contribution in [0, 0.1) is 0 Å². The summed E-state index contributed by atoms with van der Waals surface area (Å²) < 4.78 is 6.22. The van der Waals surface area contributed by atoms with Crippen molar-refractivity contribution >= 4 is 33.7 Å². The van der Waals surface area contributed by atoms with Crippen LogP contribution in [0.25, 0.3) is 0 Å². The molecule has 0 N–H and O–H groups in total. The molecule has 0 aromatic carbocycles. The summed E-state index contributed by atoms with van der Waals surface area (Å²) in [7, 11) is 3.98. The molecule has 1 aromatic heterocycles. The van der Waals surface area contributed by atoms with Crippen molar-refractivity contribution in [2.45, 2.75) is 31.8 Å². The van der Waals surface area contributed by atoms with Crippen molar-refractivity contribution in [3.8, 4) is 0 Å². The van der Waals surface area contributed by atoms with Gasteiger partial charge in [-0.25, -0.2) is 4.98 Å². The highest BCUT2D eigenvalue weighted by Gasteiger charge is 2.29. The van der Waals surface area contributed by atoms with Gasteiger partial charge in [-0.2, -0.15) is 0 Å². The van der Waals surface area contributed by atoms with Crippen LogP contribution in [0.4, 0.5) is 11.5 Å². The minimum atomic E-state index is -0.214. The maximum atomic E-state index is 11.4. The van der Waals surface area contributed by atoms with Gasteiger partial charge in [0, 0.05) is 33.4 Å². The Morgan fingerprint density at radius 3 is 2.62 bits per heavy atom. The van der Waals surface area contributed by atoms with E-state index in [1.807, 2.05) is 38.1 Å². The summed E-state index contributed by atoms with van der Waals surface area (Å²) in [5, 5.41) is 0. The molecule has 5 nitrogen and oxygen atoms in total. The lowest BCUT2D eigenvalue weighted by Crippen LogP contribution is -2.46. The smallest absolute Gasteiger partial charge is 0.154 e. The number of nitrogens with zero attached hydrogens (tertiary/aromatic N) is 3. The van der Waals surface area contributed by atoms with Crippen molar-refractivity contribution in [2.24, 2.45) is 0 Å². The zero-order valence-corrected chi connectivity index (χ0v) is 14.3. The van der Waals surface area contributed by atoms with Crippen molar-refractivity contribution in [1.82, 2.24) is 4.98 Å². The van der Waals surface area contributed by atoms with Crippen LogP contribution in [0.3, 0.4) is 0 Å². The fraction of sp³-hybridized carbons (Fsp3) is 0.600. The largest absolute Gasteiger partial charge is 0.381 e. The summed E-state index contributed by atoms with van der Waals surface area (Å²) >= 11 is 3.44. The fourth-order valence-electron chi connectivity index (χ4n) is 2.68. The Hall–Kier alpha value is -1.14. The quantitative estimate of drug-likeness (QED) is 0.599. The first kappa shape index (κ1) is 16.2. The van der Waals surface area contributed by atoms with Gasteiger partial charge in [-0.1, -0.05) is 0 Å². The van der Waals surface area contributed by atoms with E-state index in [-0.39, 0.29) is 12.1 Å². The van der Waals surface area contributed by atoms with E-state index in [9.17, 15) is 4.79 Å². The zero-order valence-electron chi connectivity index (χ0n) is 12.8. The van der Waals surface area contributed by atoms with E-state index < -0.39 is 0 Å². The van der Waals surface area contributed by atoms with Gasteiger partial charge in [0.1, 0.15) is 10.9 Å². The SMILES string of the molecule is CC(C=O)N(c1nc(Br)ccc1N(C)C)C1CCOCC1. The number of anilines is 2. The number of hydrogen-bond acceptors (Lipinski definition) is 5. The molecule has 0 bridgehead atoms. The molecule has 1 unspecified atom stereocenters. The lowest BCUT2D eigenvalue weighted by molar-refractivity contribution is -0.108. The van der Waals surface area contributed by atoms with Crippen LogP contribution in [0.2, 0.25) is 0 Å². The molecule has 116 valence electrons. The summed E-state index contributed by atoms with van der Waals surface area (Å²) in [5.41, 5.74) is 1.01. The first-order valence-electron chi connectivity index (χ1n) is 7.20. The van der Waals surface area contributed by atoms with Gasteiger partial charge in [0.2, 0.25) is 0 Å². The molecular weight excluding hydrogens is 334 g/mol. The van der Waals surface area contributed by atoms with Crippen molar-refractivity contribution < 1.29 is 9.53 Å². The normalized spacial score (nSPS) is 17.3. The van der Waals surface area contributed by atoms with Crippen LogP contribution < -0.4 is 9.80 Å². The Morgan fingerprint density at radius 1 is 1.38 bits per heavy atom. The number of carbonyl (C=O) groups excluding carboxylic acids is 1. The summed E-state index contributed by atoms with van der Waals surface area (Å²) in [6, 6.07) is 4.01. The average molecular weight is 356 g/mol. The van der Waals surface area contributed by atoms with Gasteiger partial charge < -0.3 is 19.3 Å². The van der Waals surface area contributed by atoms with E-state index in [1.54, 1.807) is 0 Å². The third-order valence-electron chi connectivity index (χ3n) is 3.77. The van der Waals surface area contributed by atoms with Crippen LogP contribution in [0.5, 0.6) is 0 Å². The molecule has 2 heterocycles. The van der Waals surface area contributed by atoms with Gasteiger partial charge in [-0.05, 0) is 47.8 Å². The van der Waals surface area contributed by atoms with Gasteiger partial charge in [-0.3, -0.25) is 0 Å². The van der Waals surface area contributed by atoms with Crippen molar-refractivity contribution in [1.29, 1.82) is 0 Å². The Kier molecular flexibility index (Phi) is 5.58. The van der Waals surface area contributed by atoms with Crippen LogP contribution in [-0.2, 0) is 9.53 Å². The fourth-order valence-corrected chi connectivity index (χ4v) is 2.98. The molecule has 1 atom stereocenters. The predicted molar refractivity (Wildman–Crippen MR) is 88.1 cm³/mol. The van der Waals surface area contributed by atoms with Crippen LogP contribution in [0.15, 0.2) is 16.7 Å². The van der Waals surface area contributed by atoms with Crippen LogP contribution in [-0.4, -0.2) is 50.7 Å². The van der Waals surface area contributed by atoms with E-state index >= 15 is 0 Å². The average Bonchev–Trinajstić information content (AvgIpc) is 2.48. The second-order valence-corrected chi connectivity index (χ2v) is 6.31. The van der Waals surface area contributed by atoms with Gasteiger partial charge in [0.05, 0.1) is 11.7 Å². The van der Waals surface area contributed by atoms with Crippen LogP contribution in [0.1, 0.15) is 19.8 Å². The Balaban J connectivity index is 2.44. The number of rotatable bonds is 5. The lowest BCUT2D eigenvalue weighted by Gasteiger charge is -2.39. The maximum Gasteiger partial charge on any atom is 0.154 e. The van der Waals surface area contributed by atoms with Gasteiger partial charge >= 0.3 is 0 Å². The van der Waals surface area contributed by atoms with E-state index in [1.165, 1.54) is 0 Å². The van der Waals surface area contributed by atoms with Crippen molar-refractivity contribution in [3.05, 3.63) is 16.7 Å². The molecular formula is C15H22BrN3O2.